The molecular formula is C18H15N3O4. The minimum Gasteiger partial charge on any atom is -0.480 e. The number of aryl methyl sites for hydroxylation is 1. The van der Waals surface area contributed by atoms with Crippen molar-refractivity contribution in [2.24, 2.45) is 0 Å². The molecule has 2 aromatic carbocycles. The van der Waals surface area contributed by atoms with Gasteiger partial charge in [0, 0.05) is 5.56 Å². The minimum absolute atomic E-state index is 0.0520. The van der Waals surface area contributed by atoms with Gasteiger partial charge in [0.15, 0.2) is 11.5 Å². The Morgan fingerprint density at radius 2 is 1.84 bits per heavy atom. The van der Waals surface area contributed by atoms with Gasteiger partial charge in [-0.05, 0) is 29.3 Å². The van der Waals surface area contributed by atoms with Crippen LogP contribution < -0.4 is 10.1 Å². The average molecular weight is 337 g/mol. The molecule has 0 aliphatic carbocycles. The Morgan fingerprint density at radius 3 is 2.52 bits per heavy atom. The molecule has 7 nitrogen and oxygen atoms in total. The van der Waals surface area contributed by atoms with Crippen LogP contribution in [0.4, 0.5) is 5.82 Å². The summed E-state index contributed by atoms with van der Waals surface area (Å²) in [6, 6.07) is 11.1. The number of aromatic carboxylic acids is 1. The SMILES string of the molecule is COc1cnc(NC(=O)c2ccc(C)c3ccccc23)c(C(=O)O)n1. The van der Waals surface area contributed by atoms with Crippen molar-refractivity contribution in [1.82, 2.24) is 9.97 Å². The van der Waals surface area contributed by atoms with E-state index in [1.807, 2.05) is 37.3 Å². The molecule has 0 spiro atoms. The van der Waals surface area contributed by atoms with Crippen LogP contribution in [0.15, 0.2) is 42.6 Å². The molecule has 0 saturated carbocycles. The van der Waals surface area contributed by atoms with Gasteiger partial charge in [-0.2, -0.15) is 0 Å². The number of fused-ring (bicyclic) bond motifs is 1. The highest BCUT2D eigenvalue weighted by molar-refractivity contribution is 6.14. The number of nitrogens with one attached hydrogen (secondary N) is 1. The molecule has 1 heterocycles. The van der Waals surface area contributed by atoms with Crippen molar-refractivity contribution in [3.8, 4) is 5.88 Å². The van der Waals surface area contributed by atoms with Gasteiger partial charge in [0.2, 0.25) is 5.88 Å². The number of ether oxygens (including phenoxy) is 1. The van der Waals surface area contributed by atoms with Crippen molar-refractivity contribution in [2.45, 2.75) is 6.92 Å². The molecular weight excluding hydrogens is 322 g/mol. The van der Waals surface area contributed by atoms with Gasteiger partial charge in [-0.25, -0.2) is 14.8 Å². The number of anilines is 1. The molecule has 25 heavy (non-hydrogen) atoms. The summed E-state index contributed by atoms with van der Waals surface area (Å²) in [4.78, 5) is 31.8. The first-order chi connectivity index (χ1) is 12.0. The molecule has 0 bridgehead atoms. The normalized spacial score (nSPS) is 10.5. The van der Waals surface area contributed by atoms with E-state index in [1.54, 1.807) is 6.07 Å². The average Bonchev–Trinajstić information content (AvgIpc) is 2.62. The van der Waals surface area contributed by atoms with Gasteiger partial charge in [0.05, 0.1) is 13.3 Å². The van der Waals surface area contributed by atoms with Crippen LogP contribution in [0, 0.1) is 6.92 Å². The number of carbonyl (C=O) groups is 2. The monoisotopic (exact) mass is 337 g/mol. The predicted octanol–water partition coefficient (Wildman–Crippen LogP) is 2.90. The molecule has 0 atom stereocenters. The van der Waals surface area contributed by atoms with Gasteiger partial charge in [0.25, 0.3) is 5.91 Å². The van der Waals surface area contributed by atoms with Gasteiger partial charge in [0.1, 0.15) is 0 Å². The molecule has 126 valence electrons. The Labute approximate surface area is 143 Å². The van der Waals surface area contributed by atoms with Crippen molar-refractivity contribution >= 4 is 28.5 Å². The number of hydrogen-bond donors (Lipinski definition) is 2. The fraction of sp³-hybridized carbons (Fsp3) is 0.111. The molecule has 0 radical (unpaired) electrons. The highest BCUT2D eigenvalue weighted by Crippen LogP contribution is 2.23. The number of aromatic nitrogens is 2. The van der Waals surface area contributed by atoms with Crippen LogP contribution in [0.2, 0.25) is 0 Å². The third kappa shape index (κ3) is 3.12. The van der Waals surface area contributed by atoms with E-state index in [2.05, 4.69) is 15.3 Å². The molecule has 0 aliphatic heterocycles. The Morgan fingerprint density at radius 1 is 1.12 bits per heavy atom. The van der Waals surface area contributed by atoms with Crippen LogP contribution in [0.3, 0.4) is 0 Å². The third-order valence-electron chi connectivity index (χ3n) is 3.78. The number of carboxylic acid groups (broad SMARTS) is 1. The maximum absolute atomic E-state index is 12.7. The quantitative estimate of drug-likeness (QED) is 0.759. The highest BCUT2D eigenvalue weighted by Gasteiger charge is 2.19. The number of benzene rings is 2. The topological polar surface area (TPSA) is 101 Å². The lowest BCUT2D eigenvalue weighted by atomic mass is 10.00. The maximum atomic E-state index is 12.7. The first kappa shape index (κ1) is 16.4. The summed E-state index contributed by atoms with van der Waals surface area (Å²) in [5.74, 6) is -1.85. The first-order valence-corrected chi connectivity index (χ1v) is 7.45. The van der Waals surface area contributed by atoms with Gasteiger partial charge < -0.3 is 15.2 Å². The predicted molar refractivity (Wildman–Crippen MR) is 92.2 cm³/mol. The molecule has 7 heteroatoms. The van der Waals surface area contributed by atoms with E-state index in [0.717, 1.165) is 16.3 Å². The zero-order valence-corrected chi connectivity index (χ0v) is 13.6. The van der Waals surface area contributed by atoms with Crippen LogP contribution in [0.1, 0.15) is 26.4 Å². The summed E-state index contributed by atoms with van der Waals surface area (Å²) in [6.45, 7) is 1.96. The van der Waals surface area contributed by atoms with E-state index in [9.17, 15) is 14.7 Å². The lowest BCUT2D eigenvalue weighted by Crippen LogP contribution is -2.18. The Bertz CT molecular complexity index is 985. The molecule has 1 amide bonds. The van der Waals surface area contributed by atoms with E-state index < -0.39 is 11.9 Å². The Balaban J connectivity index is 2.02. The summed E-state index contributed by atoms with van der Waals surface area (Å²) in [5.41, 5.74) is 1.09. The lowest BCUT2D eigenvalue weighted by Gasteiger charge is -2.11. The molecule has 3 aromatic rings. The summed E-state index contributed by atoms with van der Waals surface area (Å²) >= 11 is 0. The smallest absolute Gasteiger partial charge is 0.358 e. The lowest BCUT2D eigenvalue weighted by molar-refractivity contribution is 0.0690. The van der Waals surface area contributed by atoms with Crippen LogP contribution in [0.25, 0.3) is 10.8 Å². The first-order valence-electron chi connectivity index (χ1n) is 7.45. The second-order valence-corrected chi connectivity index (χ2v) is 5.34. The molecule has 0 aliphatic rings. The molecule has 3 rings (SSSR count). The van der Waals surface area contributed by atoms with Gasteiger partial charge in [-0.15, -0.1) is 0 Å². The van der Waals surface area contributed by atoms with E-state index in [0.29, 0.717) is 5.56 Å². The number of carboxylic acids is 1. The molecule has 1 aromatic heterocycles. The number of hydrogen-bond acceptors (Lipinski definition) is 5. The maximum Gasteiger partial charge on any atom is 0.358 e. The minimum atomic E-state index is -1.31. The van der Waals surface area contributed by atoms with Crippen molar-refractivity contribution in [1.29, 1.82) is 0 Å². The highest BCUT2D eigenvalue weighted by atomic mass is 16.5. The molecule has 2 N–H and O–H groups in total. The Hall–Kier alpha value is -3.48. The largest absolute Gasteiger partial charge is 0.480 e. The van der Waals surface area contributed by atoms with Crippen LogP contribution in [-0.4, -0.2) is 34.1 Å². The van der Waals surface area contributed by atoms with Gasteiger partial charge in [-0.1, -0.05) is 30.3 Å². The van der Waals surface area contributed by atoms with E-state index in [1.165, 1.54) is 13.3 Å². The fourth-order valence-electron chi connectivity index (χ4n) is 2.53. The van der Waals surface area contributed by atoms with Crippen LogP contribution in [0.5, 0.6) is 5.88 Å². The van der Waals surface area contributed by atoms with Crippen molar-refractivity contribution < 1.29 is 19.4 Å². The van der Waals surface area contributed by atoms with Gasteiger partial charge >= 0.3 is 5.97 Å². The van der Waals surface area contributed by atoms with Crippen molar-refractivity contribution in [3.63, 3.8) is 0 Å². The van der Waals surface area contributed by atoms with Crippen LogP contribution in [-0.2, 0) is 0 Å². The summed E-state index contributed by atoms with van der Waals surface area (Å²) in [7, 11) is 1.35. The van der Waals surface area contributed by atoms with Crippen LogP contribution >= 0.6 is 0 Å². The standard InChI is InChI=1S/C18H15N3O4/c1-10-7-8-13(12-6-4-3-5-11(10)12)17(22)21-16-15(18(23)24)20-14(25-2)9-19-16/h3-9H,1-2H3,(H,23,24)(H,19,21,22). The summed E-state index contributed by atoms with van der Waals surface area (Å²) in [6.07, 6.45) is 1.25. The third-order valence-corrected chi connectivity index (χ3v) is 3.78. The Kier molecular flexibility index (Phi) is 4.30. The zero-order valence-electron chi connectivity index (χ0n) is 13.6. The second kappa shape index (κ2) is 6.56. The van der Waals surface area contributed by atoms with Crippen molar-refractivity contribution in [3.05, 3.63) is 59.4 Å². The molecule has 0 unspecified atom stereocenters. The van der Waals surface area contributed by atoms with Crippen molar-refractivity contribution in [2.75, 3.05) is 12.4 Å². The van der Waals surface area contributed by atoms with Gasteiger partial charge in [-0.3, -0.25) is 4.79 Å². The number of methoxy groups -OCH3 is 1. The summed E-state index contributed by atoms with van der Waals surface area (Å²) < 4.78 is 4.87. The number of amides is 1. The number of carbonyl (C=O) groups excluding carboxylic acids is 1. The number of nitrogens with zero attached hydrogens (tertiary/aromatic N) is 2. The number of rotatable bonds is 4. The fourth-order valence-corrected chi connectivity index (χ4v) is 2.53. The summed E-state index contributed by atoms with van der Waals surface area (Å²) in [5, 5.41) is 13.5. The van der Waals surface area contributed by atoms with E-state index in [4.69, 9.17) is 4.74 Å². The van der Waals surface area contributed by atoms with E-state index >= 15 is 0 Å². The molecule has 0 saturated heterocycles. The van der Waals surface area contributed by atoms with E-state index in [-0.39, 0.29) is 17.4 Å². The molecule has 0 fully saturated rings. The zero-order chi connectivity index (χ0) is 18.0. The second-order valence-electron chi connectivity index (χ2n) is 5.34.